The highest BCUT2D eigenvalue weighted by molar-refractivity contribution is 7.86. The number of aldehydes is 1. The fraction of sp³-hybridized carbons (Fsp3) is 0.278. The molecule has 0 radical (unpaired) electrons. The van der Waals surface area contributed by atoms with Gasteiger partial charge in [-0.2, -0.15) is 16.8 Å². The minimum Gasteiger partial charge on any atom is -0.488 e. The van der Waals surface area contributed by atoms with Crippen LogP contribution in [0.25, 0.3) is 0 Å². The van der Waals surface area contributed by atoms with Crippen LogP contribution in [0.4, 0.5) is 0 Å². The molecule has 0 fully saturated rings. The second-order valence-electron chi connectivity index (χ2n) is 6.20. The van der Waals surface area contributed by atoms with Gasteiger partial charge in [-0.25, -0.2) is 0 Å². The Labute approximate surface area is 164 Å². The molecule has 152 valence electrons. The summed E-state index contributed by atoms with van der Waals surface area (Å²) < 4.78 is 61.3. The van der Waals surface area contributed by atoms with Crippen LogP contribution in [0.3, 0.4) is 0 Å². The maximum atomic E-state index is 11.5. The van der Waals surface area contributed by atoms with Gasteiger partial charge in [0.25, 0.3) is 0 Å². The Hall–Kier alpha value is -2.59. The summed E-state index contributed by atoms with van der Waals surface area (Å²) in [7, 11) is -7.96. The molecule has 0 N–H and O–H groups in total. The SMILES string of the molecule is Cc1cccc(C)c1OCc1cc(OS(C)(=O)=O)c(OS(C)(=O)=O)cc1C=O. The second-order valence-corrected chi connectivity index (χ2v) is 9.35. The Bertz CT molecular complexity index is 1080. The van der Waals surface area contributed by atoms with E-state index in [1.54, 1.807) is 0 Å². The van der Waals surface area contributed by atoms with Crippen molar-refractivity contribution >= 4 is 26.5 Å². The smallest absolute Gasteiger partial charge is 0.306 e. The lowest BCUT2D eigenvalue weighted by molar-refractivity contribution is 0.112. The molecule has 0 heterocycles. The molecule has 0 saturated carbocycles. The molecule has 0 aliphatic carbocycles. The third-order valence-electron chi connectivity index (χ3n) is 3.60. The van der Waals surface area contributed by atoms with Crippen molar-refractivity contribution in [3.05, 3.63) is 52.6 Å². The average Bonchev–Trinajstić information content (AvgIpc) is 2.53. The van der Waals surface area contributed by atoms with Crippen LogP contribution < -0.4 is 13.1 Å². The molecule has 2 rings (SSSR count). The summed E-state index contributed by atoms with van der Waals surface area (Å²) in [6.07, 6.45) is 2.08. The first kappa shape index (κ1) is 21.7. The number of hydrogen-bond acceptors (Lipinski definition) is 8. The van der Waals surface area contributed by atoms with Crippen molar-refractivity contribution in [2.24, 2.45) is 0 Å². The van der Waals surface area contributed by atoms with E-state index < -0.39 is 26.0 Å². The van der Waals surface area contributed by atoms with E-state index in [-0.39, 0.29) is 17.9 Å². The monoisotopic (exact) mass is 428 g/mol. The van der Waals surface area contributed by atoms with E-state index >= 15 is 0 Å². The maximum Gasteiger partial charge on any atom is 0.306 e. The Morgan fingerprint density at radius 3 is 1.86 bits per heavy atom. The van der Waals surface area contributed by atoms with Gasteiger partial charge in [0, 0.05) is 11.1 Å². The van der Waals surface area contributed by atoms with Crippen LogP contribution in [0.5, 0.6) is 17.2 Å². The normalized spacial score (nSPS) is 11.7. The summed E-state index contributed by atoms with van der Waals surface area (Å²) >= 11 is 0. The van der Waals surface area contributed by atoms with Gasteiger partial charge in [0.15, 0.2) is 17.8 Å². The first-order valence-corrected chi connectivity index (χ1v) is 11.6. The van der Waals surface area contributed by atoms with Crippen LogP contribution in [0.2, 0.25) is 0 Å². The molecule has 0 aliphatic rings. The molecular weight excluding hydrogens is 408 g/mol. The van der Waals surface area contributed by atoms with Crippen LogP contribution >= 0.6 is 0 Å². The number of aryl methyl sites for hydroxylation is 2. The van der Waals surface area contributed by atoms with Gasteiger partial charge >= 0.3 is 20.2 Å². The molecule has 0 amide bonds. The van der Waals surface area contributed by atoms with Crippen molar-refractivity contribution in [2.75, 3.05) is 12.5 Å². The maximum absolute atomic E-state index is 11.5. The molecular formula is C18H20O8S2. The molecule has 8 nitrogen and oxygen atoms in total. The lowest BCUT2D eigenvalue weighted by Crippen LogP contribution is -2.12. The van der Waals surface area contributed by atoms with Gasteiger partial charge in [0.2, 0.25) is 0 Å². The number of para-hydroxylation sites is 1. The predicted molar refractivity (Wildman–Crippen MR) is 103 cm³/mol. The zero-order chi connectivity index (χ0) is 21.1. The summed E-state index contributed by atoms with van der Waals surface area (Å²) in [6.45, 7) is 3.66. The van der Waals surface area contributed by atoms with Crippen LogP contribution in [0.15, 0.2) is 30.3 Å². The standard InChI is InChI=1S/C18H20O8S2/c1-12-6-5-7-13(2)18(12)24-11-15-9-17(26-28(4,22)23)16(8-14(15)10-19)25-27(3,20)21/h5-10H,11H2,1-4H3. The molecule has 0 bridgehead atoms. The van der Waals surface area contributed by atoms with Crippen LogP contribution in [-0.4, -0.2) is 35.6 Å². The molecule has 0 aromatic heterocycles. The van der Waals surface area contributed by atoms with Crippen molar-refractivity contribution in [3.8, 4) is 17.2 Å². The van der Waals surface area contributed by atoms with Gasteiger partial charge in [-0.3, -0.25) is 4.79 Å². The third kappa shape index (κ3) is 5.96. The highest BCUT2D eigenvalue weighted by Crippen LogP contribution is 2.33. The van der Waals surface area contributed by atoms with Gasteiger partial charge in [0.1, 0.15) is 12.4 Å². The Morgan fingerprint density at radius 1 is 0.893 bits per heavy atom. The minimum atomic E-state index is -3.98. The number of rotatable bonds is 8. The molecule has 28 heavy (non-hydrogen) atoms. The minimum absolute atomic E-state index is 0.0704. The van der Waals surface area contributed by atoms with Crippen molar-refractivity contribution in [1.29, 1.82) is 0 Å². The molecule has 10 heteroatoms. The fourth-order valence-corrected chi connectivity index (χ4v) is 3.40. The number of carbonyl (C=O) groups excluding carboxylic acids is 1. The summed E-state index contributed by atoms with van der Waals surface area (Å²) in [6, 6.07) is 7.91. The van der Waals surface area contributed by atoms with E-state index in [0.717, 1.165) is 29.7 Å². The van der Waals surface area contributed by atoms with Crippen molar-refractivity contribution in [1.82, 2.24) is 0 Å². The molecule has 2 aromatic carbocycles. The molecule has 0 atom stereocenters. The first-order chi connectivity index (χ1) is 12.9. The molecule has 0 unspecified atom stereocenters. The van der Waals surface area contributed by atoms with Crippen molar-refractivity contribution in [3.63, 3.8) is 0 Å². The summed E-state index contributed by atoms with van der Waals surface area (Å²) in [5.74, 6) is -0.147. The quantitative estimate of drug-likeness (QED) is 0.465. The second kappa shape index (κ2) is 8.19. The summed E-state index contributed by atoms with van der Waals surface area (Å²) in [4.78, 5) is 11.5. The number of carbonyl (C=O) groups is 1. The molecule has 0 aliphatic heterocycles. The average molecular weight is 428 g/mol. The van der Waals surface area contributed by atoms with Gasteiger partial charge in [-0.1, -0.05) is 18.2 Å². The number of benzene rings is 2. The number of hydrogen-bond donors (Lipinski definition) is 0. The Morgan fingerprint density at radius 2 is 1.39 bits per heavy atom. The Kier molecular flexibility index (Phi) is 6.35. The lowest BCUT2D eigenvalue weighted by atomic mass is 10.1. The third-order valence-corrected chi connectivity index (χ3v) is 4.56. The van der Waals surface area contributed by atoms with E-state index in [9.17, 15) is 21.6 Å². The van der Waals surface area contributed by atoms with Gasteiger partial charge in [-0.15, -0.1) is 0 Å². The van der Waals surface area contributed by atoms with Crippen molar-refractivity contribution < 1.29 is 34.7 Å². The van der Waals surface area contributed by atoms with Gasteiger partial charge < -0.3 is 13.1 Å². The number of ether oxygens (including phenoxy) is 1. The largest absolute Gasteiger partial charge is 0.488 e. The zero-order valence-electron chi connectivity index (χ0n) is 15.8. The molecule has 2 aromatic rings. The van der Waals surface area contributed by atoms with E-state index in [1.807, 2.05) is 32.0 Å². The van der Waals surface area contributed by atoms with E-state index in [2.05, 4.69) is 0 Å². The van der Waals surface area contributed by atoms with E-state index in [4.69, 9.17) is 13.1 Å². The molecule has 0 saturated heterocycles. The van der Waals surface area contributed by atoms with Crippen molar-refractivity contribution in [2.45, 2.75) is 20.5 Å². The highest BCUT2D eigenvalue weighted by atomic mass is 32.2. The highest BCUT2D eigenvalue weighted by Gasteiger charge is 2.19. The van der Waals surface area contributed by atoms with Crippen LogP contribution in [-0.2, 0) is 26.8 Å². The summed E-state index contributed by atoms with van der Waals surface area (Å²) in [5.41, 5.74) is 2.15. The van der Waals surface area contributed by atoms with E-state index in [0.29, 0.717) is 17.6 Å². The topological polar surface area (TPSA) is 113 Å². The predicted octanol–water partition coefficient (Wildman–Crippen LogP) is 2.37. The molecule has 0 spiro atoms. The zero-order valence-corrected chi connectivity index (χ0v) is 17.4. The fourth-order valence-electron chi connectivity index (χ4n) is 2.49. The van der Waals surface area contributed by atoms with Crippen LogP contribution in [0.1, 0.15) is 27.0 Å². The van der Waals surface area contributed by atoms with Gasteiger partial charge in [-0.05, 0) is 37.1 Å². The van der Waals surface area contributed by atoms with E-state index in [1.165, 1.54) is 6.07 Å². The first-order valence-electron chi connectivity index (χ1n) is 7.99. The van der Waals surface area contributed by atoms with Crippen LogP contribution in [0, 0.1) is 13.8 Å². The van der Waals surface area contributed by atoms with Gasteiger partial charge in [0.05, 0.1) is 12.5 Å². The summed E-state index contributed by atoms with van der Waals surface area (Å²) in [5, 5.41) is 0. The Balaban J connectivity index is 2.48. The lowest BCUT2D eigenvalue weighted by Gasteiger charge is -2.16.